The van der Waals surface area contributed by atoms with Crippen molar-refractivity contribution in [1.82, 2.24) is 9.97 Å². The Morgan fingerprint density at radius 1 is 1.24 bits per heavy atom. The minimum absolute atomic E-state index is 0.0531. The zero-order valence-electron chi connectivity index (χ0n) is 18.1. The number of rotatable bonds is 14. The second kappa shape index (κ2) is 13.6. The summed E-state index contributed by atoms with van der Waals surface area (Å²) in [4.78, 5) is 18.9. The molecule has 0 amide bonds. The predicted molar refractivity (Wildman–Crippen MR) is 108 cm³/mol. The highest BCUT2D eigenvalue weighted by Gasteiger charge is 2.40. The van der Waals surface area contributed by atoms with Crippen molar-refractivity contribution in [2.24, 2.45) is 11.7 Å². The molecule has 0 saturated carbocycles. The van der Waals surface area contributed by atoms with Crippen LogP contribution < -0.4 is 15.8 Å². The van der Waals surface area contributed by atoms with Crippen molar-refractivity contribution in [1.29, 1.82) is 0 Å². The number of methoxy groups -OCH3 is 1. The molecule has 14 heteroatoms. The molecule has 1 saturated heterocycles. The zero-order chi connectivity index (χ0) is 24.3. The van der Waals surface area contributed by atoms with E-state index < -0.39 is 42.0 Å². The number of nitrogens with two attached hydrogens (primary N) is 1. The summed E-state index contributed by atoms with van der Waals surface area (Å²) >= 11 is 0. The van der Waals surface area contributed by atoms with Gasteiger partial charge < -0.3 is 44.6 Å². The van der Waals surface area contributed by atoms with Gasteiger partial charge in [0, 0.05) is 19.7 Å². The third-order valence-corrected chi connectivity index (χ3v) is 4.64. The Labute approximate surface area is 188 Å². The monoisotopic (exact) mass is 482 g/mol. The highest BCUT2D eigenvalue weighted by atomic mass is 19.4. The van der Waals surface area contributed by atoms with Gasteiger partial charge in [0.25, 0.3) is 0 Å². The van der Waals surface area contributed by atoms with Crippen molar-refractivity contribution in [3.8, 4) is 5.88 Å². The lowest BCUT2D eigenvalue weighted by molar-refractivity contribution is -0.144. The zero-order valence-corrected chi connectivity index (χ0v) is 18.1. The Morgan fingerprint density at radius 2 is 1.94 bits per heavy atom. The number of nitrogens with zero attached hydrogens (tertiary/aromatic N) is 2. The normalized spacial score (nSPS) is 23.3. The van der Waals surface area contributed by atoms with Gasteiger partial charge in [-0.1, -0.05) is 0 Å². The first-order chi connectivity index (χ1) is 15.8. The lowest BCUT2D eigenvalue weighted by Gasteiger charge is -2.37. The lowest BCUT2D eigenvalue weighted by atomic mass is 9.89. The van der Waals surface area contributed by atoms with Crippen LogP contribution in [0.3, 0.4) is 0 Å². The maximum atomic E-state index is 13.3. The molecule has 188 valence electrons. The Morgan fingerprint density at radius 3 is 2.58 bits per heavy atom. The van der Waals surface area contributed by atoms with E-state index in [2.05, 4.69) is 15.3 Å². The number of alkyl halides is 3. The molecule has 0 spiro atoms. The molecular weight excluding hydrogens is 453 g/mol. The maximum absolute atomic E-state index is 13.3. The molecule has 1 fully saturated rings. The van der Waals surface area contributed by atoms with E-state index in [1.54, 1.807) is 0 Å². The van der Waals surface area contributed by atoms with Gasteiger partial charge >= 0.3 is 6.18 Å². The van der Waals surface area contributed by atoms with E-state index in [1.807, 2.05) is 0 Å². The second-order valence-corrected chi connectivity index (χ2v) is 7.06. The number of anilines is 1. The molecule has 2 rings (SSSR count). The van der Waals surface area contributed by atoms with Gasteiger partial charge in [0.15, 0.2) is 5.69 Å². The van der Waals surface area contributed by atoms with Gasteiger partial charge in [-0.25, -0.2) is 4.98 Å². The van der Waals surface area contributed by atoms with Gasteiger partial charge in [0.2, 0.25) is 11.8 Å². The van der Waals surface area contributed by atoms with Crippen LogP contribution in [-0.2, 0) is 29.9 Å². The van der Waals surface area contributed by atoms with Crippen molar-refractivity contribution in [2.75, 3.05) is 65.2 Å². The third-order valence-electron chi connectivity index (χ3n) is 4.64. The third kappa shape index (κ3) is 8.64. The number of carbonyl (C=O) groups excluding carboxylic acids is 1. The fourth-order valence-electron chi connectivity index (χ4n) is 3.03. The molecule has 2 heterocycles. The Hall–Kier alpha value is -2.10. The van der Waals surface area contributed by atoms with Gasteiger partial charge in [0.1, 0.15) is 19.0 Å². The topological polar surface area (TPSA) is 147 Å². The number of nitrogens with one attached hydrogen (secondary N) is 1. The molecule has 1 aliphatic heterocycles. The highest BCUT2D eigenvalue weighted by molar-refractivity contribution is 5.58. The van der Waals surface area contributed by atoms with E-state index in [1.165, 1.54) is 7.11 Å². The molecule has 1 aromatic rings. The van der Waals surface area contributed by atoms with E-state index in [-0.39, 0.29) is 38.9 Å². The quantitative estimate of drug-likeness (QED) is 0.241. The van der Waals surface area contributed by atoms with Crippen molar-refractivity contribution < 1.29 is 46.8 Å². The summed E-state index contributed by atoms with van der Waals surface area (Å²) in [7, 11) is 1.41. The molecule has 11 nitrogen and oxygen atoms in total. The van der Waals surface area contributed by atoms with Gasteiger partial charge in [-0.05, 0) is 0 Å². The summed E-state index contributed by atoms with van der Waals surface area (Å²) in [6.07, 6.45) is -6.22. The smallest absolute Gasteiger partial charge is 0.433 e. The summed E-state index contributed by atoms with van der Waals surface area (Å²) in [6.45, 7) is 1.40. The first-order valence-corrected chi connectivity index (χ1v) is 10.2. The number of ether oxygens (including phenoxy) is 5. The van der Waals surface area contributed by atoms with E-state index in [0.29, 0.717) is 32.1 Å². The van der Waals surface area contributed by atoms with Crippen LogP contribution >= 0.6 is 0 Å². The van der Waals surface area contributed by atoms with Crippen LogP contribution in [0, 0.1) is 5.92 Å². The number of aldehydes is 1. The molecule has 4 atom stereocenters. The van der Waals surface area contributed by atoms with E-state index in [9.17, 15) is 23.1 Å². The number of hydrogen-bond donors (Lipinski definition) is 3. The van der Waals surface area contributed by atoms with E-state index in [0.717, 1.165) is 0 Å². The second-order valence-electron chi connectivity index (χ2n) is 7.06. The number of halogens is 3. The Kier molecular flexibility index (Phi) is 11.2. The molecule has 0 radical (unpaired) electrons. The van der Waals surface area contributed by atoms with Crippen LogP contribution in [0.15, 0.2) is 6.07 Å². The van der Waals surface area contributed by atoms with Gasteiger partial charge in [-0.3, -0.25) is 0 Å². The summed E-state index contributed by atoms with van der Waals surface area (Å²) in [5, 5.41) is 13.0. The number of aliphatic hydroxyl groups excluding tert-OH is 1. The van der Waals surface area contributed by atoms with Crippen LogP contribution in [-0.4, -0.2) is 99.5 Å². The fourth-order valence-corrected chi connectivity index (χ4v) is 3.03. The summed E-state index contributed by atoms with van der Waals surface area (Å²) in [6, 6.07) is -0.202. The first-order valence-electron chi connectivity index (χ1n) is 10.2. The average molecular weight is 482 g/mol. The number of aromatic nitrogens is 2. The number of hydrogen-bond acceptors (Lipinski definition) is 11. The molecule has 0 bridgehead atoms. The van der Waals surface area contributed by atoms with Crippen LogP contribution in [0.5, 0.6) is 5.88 Å². The van der Waals surface area contributed by atoms with E-state index in [4.69, 9.17) is 29.4 Å². The SMILES string of the molecule is COC[C@H]1OC[C@H](Nc2nc(OCCOCCOCCN)cc(C(F)(F)F)n2)[C@@H](C=O)[C@H]1O. The standard InChI is InChI=1S/C19H29F3N4O7/c1-29-11-14-17(28)12(9-27)13(10-33-14)24-18-25-15(19(20,21)22)8-16(26-18)32-7-6-31-5-4-30-3-2-23/h8-9,12-14,17,28H,2-7,10-11,23H2,1H3,(H,24,25,26)/t12-,13+,14-,17-/m1/s1. The summed E-state index contributed by atoms with van der Waals surface area (Å²) in [5.74, 6) is -1.73. The lowest BCUT2D eigenvalue weighted by Crippen LogP contribution is -2.54. The molecule has 1 aliphatic rings. The van der Waals surface area contributed by atoms with Crippen LogP contribution in [0.25, 0.3) is 0 Å². The Balaban J connectivity index is 2.02. The largest absolute Gasteiger partial charge is 0.475 e. The molecule has 4 N–H and O–H groups in total. The maximum Gasteiger partial charge on any atom is 0.433 e. The highest BCUT2D eigenvalue weighted by Crippen LogP contribution is 2.31. The van der Waals surface area contributed by atoms with Crippen molar-refractivity contribution in [3.63, 3.8) is 0 Å². The van der Waals surface area contributed by atoms with Crippen LogP contribution in [0.1, 0.15) is 5.69 Å². The predicted octanol–water partition coefficient (Wildman–Crippen LogP) is -0.132. The molecule has 1 aromatic heterocycles. The number of carbonyl (C=O) groups is 1. The summed E-state index contributed by atoms with van der Waals surface area (Å²) in [5.41, 5.74) is 4.05. The van der Waals surface area contributed by atoms with Gasteiger partial charge in [-0.2, -0.15) is 18.2 Å². The van der Waals surface area contributed by atoms with Gasteiger partial charge in [-0.15, -0.1) is 0 Å². The minimum Gasteiger partial charge on any atom is -0.475 e. The molecule has 0 aliphatic carbocycles. The molecule has 0 aromatic carbocycles. The molecule has 0 unspecified atom stereocenters. The van der Waals surface area contributed by atoms with Crippen LogP contribution in [0.2, 0.25) is 0 Å². The number of aliphatic hydroxyl groups is 1. The summed E-state index contributed by atoms with van der Waals surface area (Å²) < 4.78 is 66.0. The average Bonchev–Trinajstić information content (AvgIpc) is 2.77. The van der Waals surface area contributed by atoms with Crippen molar-refractivity contribution in [2.45, 2.75) is 24.4 Å². The van der Waals surface area contributed by atoms with E-state index >= 15 is 0 Å². The Bertz CT molecular complexity index is 729. The fraction of sp³-hybridized carbons (Fsp3) is 0.737. The minimum atomic E-state index is -4.76. The van der Waals surface area contributed by atoms with Crippen LogP contribution in [0.4, 0.5) is 19.1 Å². The van der Waals surface area contributed by atoms with Gasteiger partial charge in [0.05, 0.1) is 57.7 Å². The molecule has 33 heavy (non-hydrogen) atoms. The van der Waals surface area contributed by atoms with Crippen molar-refractivity contribution >= 4 is 12.2 Å². The first kappa shape index (κ1) is 27.1. The van der Waals surface area contributed by atoms with Crippen molar-refractivity contribution in [3.05, 3.63) is 11.8 Å². The molecular formula is C19H29F3N4O7.